The van der Waals surface area contributed by atoms with E-state index in [1.54, 1.807) is 7.05 Å². The lowest BCUT2D eigenvalue weighted by Gasteiger charge is -2.06. The normalized spacial score (nSPS) is 9.20. The molecule has 0 radical (unpaired) electrons. The quantitative estimate of drug-likeness (QED) is 0.563. The topological polar surface area (TPSA) is 76.1 Å². The summed E-state index contributed by atoms with van der Waals surface area (Å²) < 4.78 is 4.90. The van der Waals surface area contributed by atoms with Crippen LogP contribution in [0.4, 0.5) is 5.95 Å². The molecule has 1 aromatic heterocycles. The van der Waals surface area contributed by atoms with Crippen LogP contribution in [0.2, 0.25) is 0 Å². The van der Waals surface area contributed by atoms with Crippen LogP contribution in [0.1, 0.15) is 10.5 Å². The van der Waals surface area contributed by atoms with Crippen LogP contribution in [-0.2, 0) is 0 Å². The number of carbonyl (C=O) groups is 1. The molecular weight excluding hydrogens is 216 g/mol. The fourth-order valence-electron chi connectivity index (χ4n) is 0.828. The van der Waals surface area contributed by atoms with Crippen molar-refractivity contribution in [2.24, 2.45) is 0 Å². The third kappa shape index (κ3) is 3.13. The lowest BCUT2D eigenvalue weighted by Crippen LogP contribution is -2.25. The predicted octanol–water partition coefficient (Wildman–Crippen LogP) is 0.214. The van der Waals surface area contributed by atoms with Crippen molar-refractivity contribution in [3.05, 3.63) is 11.8 Å². The van der Waals surface area contributed by atoms with Crippen molar-refractivity contribution in [3.8, 4) is 5.88 Å². The second kappa shape index (κ2) is 5.20. The number of carbonyl (C=O) groups excluding carboxylic acids is 1. The number of nitrogens with zero attached hydrogens (tertiary/aromatic N) is 2. The first-order chi connectivity index (χ1) is 7.19. The van der Waals surface area contributed by atoms with Gasteiger partial charge in [-0.05, 0) is 12.2 Å². The van der Waals surface area contributed by atoms with Gasteiger partial charge in [-0.15, -0.1) is 0 Å². The molecule has 0 saturated heterocycles. The SMILES string of the molecule is CNC(=S)Nc1nc(C=O)cc(OC)n1. The van der Waals surface area contributed by atoms with E-state index in [0.29, 0.717) is 17.3 Å². The molecular formula is C8H10N4O2S. The van der Waals surface area contributed by atoms with Crippen LogP contribution in [0.3, 0.4) is 0 Å². The summed E-state index contributed by atoms with van der Waals surface area (Å²) in [5, 5.41) is 5.76. The van der Waals surface area contributed by atoms with Crippen LogP contribution in [0.5, 0.6) is 5.88 Å². The highest BCUT2D eigenvalue weighted by molar-refractivity contribution is 7.80. The zero-order valence-electron chi connectivity index (χ0n) is 8.27. The molecule has 0 bridgehead atoms. The van der Waals surface area contributed by atoms with Crippen molar-refractivity contribution in [1.29, 1.82) is 0 Å². The summed E-state index contributed by atoms with van der Waals surface area (Å²) in [4.78, 5) is 18.4. The van der Waals surface area contributed by atoms with Crippen LogP contribution >= 0.6 is 12.2 Å². The molecule has 0 amide bonds. The largest absolute Gasteiger partial charge is 0.481 e. The highest BCUT2D eigenvalue weighted by Crippen LogP contribution is 2.10. The van der Waals surface area contributed by atoms with Gasteiger partial charge in [-0.1, -0.05) is 0 Å². The number of anilines is 1. The molecule has 0 atom stereocenters. The molecule has 0 spiro atoms. The van der Waals surface area contributed by atoms with Gasteiger partial charge in [0.25, 0.3) is 0 Å². The highest BCUT2D eigenvalue weighted by Gasteiger charge is 2.04. The van der Waals surface area contributed by atoms with E-state index in [1.165, 1.54) is 13.2 Å². The van der Waals surface area contributed by atoms with E-state index in [2.05, 4.69) is 20.6 Å². The second-order valence-electron chi connectivity index (χ2n) is 2.48. The van der Waals surface area contributed by atoms with Crippen molar-refractivity contribution in [3.63, 3.8) is 0 Å². The Morgan fingerprint density at radius 3 is 2.87 bits per heavy atom. The molecule has 0 aliphatic carbocycles. The van der Waals surface area contributed by atoms with Gasteiger partial charge in [0.1, 0.15) is 5.69 Å². The van der Waals surface area contributed by atoms with Crippen molar-refractivity contribution in [1.82, 2.24) is 15.3 Å². The van der Waals surface area contributed by atoms with E-state index in [4.69, 9.17) is 17.0 Å². The Kier molecular flexibility index (Phi) is 3.92. The number of thiocarbonyl (C=S) groups is 1. The number of hydrogen-bond donors (Lipinski definition) is 2. The summed E-state index contributed by atoms with van der Waals surface area (Å²) in [7, 11) is 3.12. The molecule has 1 rings (SSSR count). The first-order valence-corrected chi connectivity index (χ1v) is 4.47. The molecule has 7 heteroatoms. The summed E-state index contributed by atoms with van der Waals surface area (Å²) in [6.45, 7) is 0. The van der Waals surface area contributed by atoms with Crippen LogP contribution in [0.25, 0.3) is 0 Å². The molecule has 0 aliphatic heterocycles. The van der Waals surface area contributed by atoms with E-state index in [-0.39, 0.29) is 11.6 Å². The van der Waals surface area contributed by atoms with Crippen molar-refractivity contribution < 1.29 is 9.53 Å². The number of aromatic nitrogens is 2. The van der Waals surface area contributed by atoms with Gasteiger partial charge in [-0.25, -0.2) is 4.98 Å². The molecule has 0 fully saturated rings. The first-order valence-electron chi connectivity index (χ1n) is 4.06. The standard InChI is InChI=1S/C8H10N4O2S/c1-9-8(15)12-7-10-5(4-13)3-6(11-7)14-2/h3-4H,1-2H3,(H2,9,10,11,12,15). The maximum atomic E-state index is 10.6. The summed E-state index contributed by atoms with van der Waals surface area (Å²) in [6.07, 6.45) is 0.609. The fourth-order valence-corrected chi connectivity index (χ4v) is 0.919. The molecule has 0 saturated carbocycles. The maximum absolute atomic E-state index is 10.6. The van der Waals surface area contributed by atoms with Crippen LogP contribution in [-0.4, -0.2) is 35.5 Å². The molecule has 1 heterocycles. The lowest BCUT2D eigenvalue weighted by molar-refractivity contribution is 0.111. The van der Waals surface area contributed by atoms with Crippen LogP contribution in [0.15, 0.2) is 6.07 Å². The summed E-state index contributed by atoms with van der Waals surface area (Å²) in [5.41, 5.74) is 0.225. The third-order valence-electron chi connectivity index (χ3n) is 1.50. The molecule has 1 aromatic rings. The zero-order chi connectivity index (χ0) is 11.3. The molecule has 6 nitrogen and oxygen atoms in total. The first kappa shape index (κ1) is 11.3. The highest BCUT2D eigenvalue weighted by atomic mass is 32.1. The van der Waals surface area contributed by atoms with Gasteiger partial charge in [0.15, 0.2) is 11.4 Å². The monoisotopic (exact) mass is 226 g/mol. The van der Waals surface area contributed by atoms with E-state index < -0.39 is 0 Å². The molecule has 15 heavy (non-hydrogen) atoms. The van der Waals surface area contributed by atoms with E-state index in [9.17, 15) is 4.79 Å². The van der Waals surface area contributed by atoms with Crippen molar-refractivity contribution in [2.45, 2.75) is 0 Å². The van der Waals surface area contributed by atoms with Crippen molar-refractivity contribution in [2.75, 3.05) is 19.5 Å². The molecule has 0 unspecified atom stereocenters. The zero-order valence-corrected chi connectivity index (χ0v) is 9.09. The number of hydrogen-bond acceptors (Lipinski definition) is 5. The Balaban J connectivity index is 2.96. The van der Waals surface area contributed by atoms with Gasteiger partial charge in [-0.3, -0.25) is 4.79 Å². The number of rotatable bonds is 3. The van der Waals surface area contributed by atoms with Gasteiger partial charge >= 0.3 is 0 Å². The Hall–Kier alpha value is -1.76. The Morgan fingerprint density at radius 2 is 2.33 bits per heavy atom. The third-order valence-corrected chi connectivity index (χ3v) is 1.81. The van der Waals surface area contributed by atoms with E-state index >= 15 is 0 Å². The Bertz CT molecular complexity index is 383. The fraction of sp³-hybridized carbons (Fsp3) is 0.250. The summed E-state index contributed by atoms with van der Waals surface area (Å²) in [6, 6.07) is 1.43. The molecule has 0 aromatic carbocycles. The minimum atomic E-state index is 0.218. The van der Waals surface area contributed by atoms with E-state index in [0.717, 1.165) is 0 Å². The predicted molar refractivity (Wildman–Crippen MR) is 59.3 cm³/mol. The Morgan fingerprint density at radius 1 is 1.60 bits per heavy atom. The van der Waals surface area contributed by atoms with Gasteiger partial charge in [-0.2, -0.15) is 4.98 Å². The van der Waals surface area contributed by atoms with Crippen LogP contribution in [0, 0.1) is 0 Å². The average Bonchev–Trinajstić information content (AvgIpc) is 2.28. The minimum absolute atomic E-state index is 0.218. The molecule has 2 N–H and O–H groups in total. The average molecular weight is 226 g/mol. The van der Waals surface area contributed by atoms with Gasteiger partial charge < -0.3 is 15.4 Å². The number of aldehydes is 1. The molecule has 0 aliphatic rings. The summed E-state index contributed by atoms with van der Waals surface area (Å²) in [5.74, 6) is 0.518. The molecule has 80 valence electrons. The van der Waals surface area contributed by atoms with E-state index in [1.807, 2.05) is 0 Å². The number of ether oxygens (including phenoxy) is 1. The maximum Gasteiger partial charge on any atom is 0.232 e. The van der Waals surface area contributed by atoms with Crippen LogP contribution < -0.4 is 15.4 Å². The van der Waals surface area contributed by atoms with Gasteiger partial charge in [0.2, 0.25) is 11.8 Å². The lowest BCUT2D eigenvalue weighted by atomic mass is 10.4. The van der Waals surface area contributed by atoms with Crippen molar-refractivity contribution >= 4 is 29.6 Å². The second-order valence-corrected chi connectivity index (χ2v) is 2.89. The number of methoxy groups -OCH3 is 1. The number of nitrogens with one attached hydrogen (secondary N) is 2. The summed E-state index contributed by atoms with van der Waals surface area (Å²) >= 11 is 4.86. The minimum Gasteiger partial charge on any atom is -0.481 e. The van der Waals surface area contributed by atoms with Gasteiger partial charge in [0.05, 0.1) is 7.11 Å². The Labute approximate surface area is 92.1 Å². The van der Waals surface area contributed by atoms with Gasteiger partial charge in [0, 0.05) is 13.1 Å². The smallest absolute Gasteiger partial charge is 0.232 e.